The van der Waals surface area contributed by atoms with Gasteiger partial charge in [0.25, 0.3) is 6.43 Å². The second-order valence-corrected chi connectivity index (χ2v) is 9.56. The number of fused-ring (bicyclic) bond motifs is 2. The number of anilines is 2. The summed E-state index contributed by atoms with van der Waals surface area (Å²) in [5.41, 5.74) is 2.43. The molecule has 0 saturated heterocycles. The minimum Gasteiger partial charge on any atom is -0.372 e. The minimum atomic E-state index is -2.53. The molecular formula is C24H30F2N10O. The van der Waals surface area contributed by atoms with E-state index in [1.807, 2.05) is 0 Å². The summed E-state index contributed by atoms with van der Waals surface area (Å²) in [5.74, 6) is 1.76. The third-order valence-electron chi connectivity index (χ3n) is 6.86. The van der Waals surface area contributed by atoms with Crippen LogP contribution in [-0.4, -0.2) is 78.9 Å². The van der Waals surface area contributed by atoms with Gasteiger partial charge in [-0.3, -0.25) is 4.79 Å². The molecule has 37 heavy (non-hydrogen) atoms. The third-order valence-corrected chi connectivity index (χ3v) is 6.86. The molecule has 1 saturated carbocycles. The van der Waals surface area contributed by atoms with Crippen molar-refractivity contribution in [3.8, 4) is 11.3 Å². The molecule has 11 nitrogen and oxygen atoms in total. The van der Waals surface area contributed by atoms with Crippen molar-refractivity contribution in [1.82, 2.24) is 39.4 Å². The van der Waals surface area contributed by atoms with E-state index in [4.69, 9.17) is 0 Å². The van der Waals surface area contributed by atoms with Crippen LogP contribution in [0.1, 0.15) is 31.5 Å². The van der Waals surface area contributed by atoms with E-state index in [0.29, 0.717) is 45.8 Å². The lowest BCUT2D eigenvalue weighted by Gasteiger charge is -2.29. The zero-order valence-electron chi connectivity index (χ0n) is 21.2. The summed E-state index contributed by atoms with van der Waals surface area (Å²) in [6.07, 6.45) is 4.17. The van der Waals surface area contributed by atoms with Gasteiger partial charge in [-0.25, -0.2) is 23.7 Å². The Hall–Kier alpha value is -3.90. The summed E-state index contributed by atoms with van der Waals surface area (Å²) in [5, 5.41) is 7.27. The molecule has 0 radical (unpaired) electrons. The lowest BCUT2D eigenvalue weighted by Crippen LogP contribution is -2.35. The van der Waals surface area contributed by atoms with Crippen molar-refractivity contribution in [2.45, 2.75) is 51.6 Å². The number of rotatable bonds is 7. The largest absolute Gasteiger partial charge is 0.372 e. The highest BCUT2D eigenvalue weighted by Gasteiger charge is 2.28. The Morgan fingerprint density at radius 2 is 1.95 bits per heavy atom. The second-order valence-electron chi connectivity index (χ2n) is 9.56. The molecule has 5 rings (SSSR count). The normalized spacial score (nSPS) is 18.0. The summed E-state index contributed by atoms with van der Waals surface area (Å²) < 4.78 is 27.6. The Morgan fingerprint density at radius 1 is 1.19 bits per heavy atom. The first-order valence-corrected chi connectivity index (χ1v) is 12.3. The van der Waals surface area contributed by atoms with Crippen LogP contribution in [0.3, 0.4) is 0 Å². The van der Waals surface area contributed by atoms with E-state index in [-0.39, 0.29) is 17.9 Å². The number of aromatic nitrogens is 7. The van der Waals surface area contributed by atoms with Crippen molar-refractivity contribution in [2.75, 3.05) is 31.8 Å². The van der Waals surface area contributed by atoms with Crippen molar-refractivity contribution in [1.29, 1.82) is 0 Å². The van der Waals surface area contributed by atoms with Crippen LogP contribution in [0.5, 0.6) is 0 Å². The van der Waals surface area contributed by atoms with E-state index < -0.39 is 13.0 Å². The average molecular weight is 513 g/mol. The summed E-state index contributed by atoms with van der Waals surface area (Å²) in [7, 11) is 5.36. The van der Waals surface area contributed by atoms with Crippen LogP contribution in [0.4, 0.5) is 20.5 Å². The Morgan fingerprint density at radius 3 is 2.62 bits per heavy atom. The van der Waals surface area contributed by atoms with Gasteiger partial charge in [0.15, 0.2) is 11.3 Å². The fraction of sp³-hybridized carbons (Fsp3) is 0.500. The molecule has 4 heterocycles. The monoisotopic (exact) mass is 512 g/mol. The fourth-order valence-corrected chi connectivity index (χ4v) is 5.00. The van der Waals surface area contributed by atoms with Crippen molar-refractivity contribution in [2.24, 2.45) is 5.92 Å². The number of amides is 1. The fourth-order valence-electron chi connectivity index (χ4n) is 5.00. The van der Waals surface area contributed by atoms with Crippen LogP contribution in [0, 0.1) is 12.8 Å². The standard InChI is InChI=1S/C24H30F2N10O/c1-12-30-21-22(36(12)11-17(25)26)32-16(10-29-21)15-9-28-20-18(15)19(27-2)33-24(34-20)31-14-7-5-13(6-8-14)23(37)35(3)4/h9-10,13-14,17H,5-8,11H2,1-4H3,(H3,27,28,31,33,34)/t13-,14+. The van der Waals surface area contributed by atoms with E-state index in [1.54, 1.807) is 45.4 Å². The molecule has 1 amide bonds. The van der Waals surface area contributed by atoms with E-state index in [9.17, 15) is 13.6 Å². The molecule has 0 unspecified atom stereocenters. The van der Waals surface area contributed by atoms with Gasteiger partial charge >= 0.3 is 0 Å². The molecule has 1 aliphatic rings. The number of alkyl halides is 2. The molecule has 4 aromatic rings. The van der Waals surface area contributed by atoms with Crippen LogP contribution in [0.15, 0.2) is 12.4 Å². The molecular weight excluding hydrogens is 482 g/mol. The van der Waals surface area contributed by atoms with Crippen LogP contribution in [0.2, 0.25) is 0 Å². The number of hydrogen-bond acceptors (Lipinski definition) is 8. The first-order valence-electron chi connectivity index (χ1n) is 12.3. The number of imidazole rings is 1. The first kappa shape index (κ1) is 24.8. The van der Waals surface area contributed by atoms with E-state index in [1.165, 1.54) is 4.57 Å². The molecule has 0 spiro atoms. The molecule has 1 fully saturated rings. The summed E-state index contributed by atoms with van der Waals surface area (Å²) in [6.45, 7) is 1.16. The van der Waals surface area contributed by atoms with Crippen molar-refractivity contribution in [3.05, 3.63) is 18.2 Å². The first-order chi connectivity index (χ1) is 17.7. The quantitative estimate of drug-likeness (QED) is 0.343. The summed E-state index contributed by atoms with van der Waals surface area (Å²) >= 11 is 0. The summed E-state index contributed by atoms with van der Waals surface area (Å²) in [6, 6.07) is 0.175. The molecule has 13 heteroatoms. The molecule has 0 atom stereocenters. The molecule has 196 valence electrons. The molecule has 4 aromatic heterocycles. The van der Waals surface area contributed by atoms with Crippen molar-refractivity contribution in [3.63, 3.8) is 0 Å². The Balaban J connectivity index is 1.42. The molecule has 1 aliphatic carbocycles. The number of aryl methyl sites for hydroxylation is 1. The van der Waals surface area contributed by atoms with Gasteiger partial charge in [0, 0.05) is 44.9 Å². The molecule has 0 aromatic carbocycles. The van der Waals surface area contributed by atoms with Gasteiger partial charge in [0.05, 0.1) is 23.8 Å². The number of nitrogens with zero attached hydrogens (tertiary/aromatic N) is 7. The molecule has 3 N–H and O–H groups in total. The molecule has 0 aliphatic heterocycles. The number of carbonyl (C=O) groups excluding carboxylic acids is 1. The van der Waals surface area contributed by atoms with Crippen LogP contribution >= 0.6 is 0 Å². The van der Waals surface area contributed by atoms with Crippen molar-refractivity contribution < 1.29 is 13.6 Å². The number of halogens is 2. The van der Waals surface area contributed by atoms with E-state index in [2.05, 4.69) is 40.5 Å². The van der Waals surface area contributed by atoms with Gasteiger partial charge in [0.1, 0.15) is 17.3 Å². The van der Waals surface area contributed by atoms with Gasteiger partial charge in [0.2, 0.25) is 11.9 Å². The van der Waals surface area contributed by atoms with Gasteiger partial charge in [-0.2, -0.15) is 9.97 Å². The van der Waals surface area contributed by atoms with Crippen molar-refractivity contribution >= 4 is 40.0 Å². The lowest BCUT2D eigenvalue weighted by molar-refractivity contribution is -0.133. The van der Waals surface area contributed by atoms with Gasteiger partial charge in [-0.15, -0.1) is 0 Å². The van der Waals surface area contributed by atoms with Crippen LogP contribution < -0.4 is 10.6 Å². The molecule has 0 bridgehead atoms. The minimum absolute atomic E-state index is 0.0644. The number of H-pyrrole nitrogens is 1. The zero-order valence-corrected chi connectivity index (χ0v) is 21.2. The Bertz CT molecular complexity index is 1440. The lowest BCUT2D eigenvalue weighted by atomic mass is 9.85. The highest BCUT2D eigenvalue weighted by Crippen LogP contribution is 2.33. The SMILES string of the molecule is CNc1nc(N[C@H]2CC[C@@H](C(=O)N(C)C)CC2)nc2[nH]cc(-c3cnc4nc(C)n(CC(F)F)c4n3)c12. The topological polar surface area (TPSA) is 130 Å². The van der Waals surface area contributed by atoms with Gasteiger partial charge < -0.3 is 25.1 Å². The average Bonchev–Trinajstić information content (AvgIpc) is 3.43. The third kappa shape index (κ3) is 4.77. The number of nitrogens with one attached hydrogen (secondary N) is 3. The van der Waals surface area contributed by atoms with Gasteiger partial charge in [-0.1, -0.05) is 0 Å². The predicted octanol–water partition coefficient (Wildman–Crippen LogP) is 3.44. The van der Waals surface area contributed by atoms with Gasteiger partial charge in [-0.05, 0) is 32.6 Å². The summed E-state index contributed by atoms with van der Waals surface area (Å²) in [4.78, 5) is 39.7. The smallest absolute Gasteiger partial charge is 0.256 e. The second kappa shape index (κ2) is 9.87. The Kier molecular flexibility index (Phi) is 6.61. The number of aromatic amines is 1. The van der Waals surface area contributed by atoms with E-state index >= 15 is 0 Å². The highest BCUT2D eigenvalue weighted by atomic mass is 19.3. The van der Waals surface area contributed by atoms with Crippen LogP contribution in [-0.2, 0) is 11.3 Å². The maximum atomic E-state index is 13.1. The number of carbonyl (C=O) groups is 1. The number of hydrogen-bond donors (Lipinski definition) is 3. The van der Waals surface area contributed by atoms with E-state index in [0.717, 1.165) is 31.1 Å². The zero-order chi connectivity index (χ0) is 26.3. The maximum absolute atomic E-state index is 13.1. The maximum Gasteiger partial charge on any atom is 0.256 e. The van der Waals surface area contributed by atoms with Crippen LogP contribution in [0.25, 0.3) is 33.6 Å². The highest BCUT2D eigenvalue weighted by molar-refractivity contribution is 6.01. The predicted molar refractivity (Wildman–Crippen MR) is 137 cm³/mol. The Labute approximate surface area is 212 Å².